The Morgan fingerprint density at radius 3 is 1.97 bits per heavy atom. The van der Waals surface area contributed by atoms with Crippen LogP contribution in [0.25, 0.3) is 5.69 Å². The number of amides is 1. The van der Waals surface area contributed by atoms with Crippen LogP contribution in [0.1, 0.15) is 53.4 Å². The minimum atomic E-state index is -1.87. The van der Waals surface area contributed by atoms with Crippen molar-refractivity contribution in [2.45, 2.75) is 39.2 Å². The van der Waals surface area contributed by atoms with E-state index < -0.39 is 11.5 Å². The highest BCUT2D eigenvalue weighted by molar-refractivity contribution is 5.91. The zero-order valence-corrected chi connectivity index (χ0v) is 20.6. The normalized spacial score (nSPS) is 11.8. The first-order valence-electron chi connectivity index (χ1n) is 11.8. The van der Waals surface area contributed by atoms with Gasteiger partial charge in [-0.25, -0.2) is 5.43 Å². The van der Waals surface area contributed by atoms with Gasteiger partial charge in [0.2, 0.25) is 0 Å². The second-order valence-electron chi connectivity index (χ2n) is 9.05. The molecular formula is C30H31N3O2. The Morgan fingerprint density at radius 2 is 1.46 bits per heavy atom. The van der Waals surface area contributed by atoms with Gasteiger partial charge in [-0.05, 0) is 54.7 Å². The summed E-state index contributed by atoms with van der Waals surface area (Å²) in [7, 11) is 0. The molecule has 2 N–H and O–H groups in total. The Hall–Kier alpha value is -3.96. The molecule has 0 saturated carbocycles. The number of rotatable bonds is 7. The Labute approximate surface area is 206 Å². The van der Waals surface area contributed by atoms with E-state index in [1.807, 2.05) is 32.0 Å². The van der Waals surface area contributed by atoms with Gasteiger partial charge in [0.15, 0.2) is 5.60 Å². The van der Waals surface area contributed by atoms with Gasteiger partial charge in [-0.1, -0.05) is 86.6 Å². The lowest BCUT2D eigenvalue weighted by Crippen LogP contribution is -2.43. The fourth-order valence-electron chi connectivity index (χ4n) is 4.35. The third-order valence-corrected chi connectivity index (χ3v) is 6.37. The number of hydrogen-bond donors (Lipinski definition) is 2. The summed E-state index contributed by atoms with van der Waals surface area (Å²) < 4.78 is 2.16. The quantitative estimate of drug-likeness (QED) is 0.275. The summed E-state index contributed by atoms with van der Waals surface area (Å²) in [6, 6.07) is 28.4. The van der Waals surface area contributed by atoms with Crippen LogP contribution in [-0.2, 0) is 10.4 Å². The summed E-state index contributed by atoms with van der Waals surface area (Å²) >= 11 is 0. The third-order valence-electron chi connectivity index (χ3n) is 6.37. The maximum Gasteiger partial charge on any atom is 0.281 e. The molecule has 4 aromatic rings. The predicted molar refractivity (Wildman–Crippen MR) is 141 cm³/mol. The second kappa shape index (κ2) is 10.1. The first kappa shape index (κ1) is 24.2. The van der Waals surface area contributed by atoms with E-state index in [4.69, 9.17) is 0 Å². The molecule has 0 saturated heterocycles. The molecule has 0 spiro atoms. The number of aromatic nitrogens is 1. The summed E-state index contributed by atoms with van der Waals surface area (Å²) in [5, 5.41) is 15.7. The standard InChI is InChI=1S/C30H31N3O2/c1-21(2)24-15-17-28(18-16-24)33-22(3)19-25(23(33)4)20-31-32-29(34)30(35,26-11-7-5-8-12-26)27-13-9-6-10-14-27/h5-21,35H,1-4H3,(H,32,34)/b31-20-. The van der Waals surface area contributed by atoms with Crippen molar-refractivity contribution in [3.05, 3.63) is 125 Å². The van der Waals surface area contributed by atoms with E-state index in [9.17, 15) is 9.90 Å². The number of aryl methyl sites for hydroxylation is 1. The number of nitrogens with zero attached hydrogens (tertiary/aromatic N) is 2. The Bertz CT molecular complexity index is 1280. The molecule has 4 rings (SSSR count). The number of benzene rings is 3. The van der Waals surface area contributed by atoms with Crippen molar-refractivity contribution in [2.75, 3.05) is 0 Å². The fraction of sp³-hybridized carbons (Fsp3) is 0.200. The minimum Gasteiger partial charge on any atom is -0.372 e. The van der Waals surface area contributed by atoms with Crippen molar-refractivity contribution in [1.29, 1.82) is 0 Å². The summed E-state index contributed by atoms with van der Waals surface area (Å²) in [5.74, 6) is -0.142. The van der Waals surface area contributed by atoms with Crippen LogP contribution in [0.15, 0.2) is 96.1 Å². The maximum atomic E-state index is 13.2. The molecule has 0 radical (unpaired) electrons. The lowest BCUT2D eigenvalue weighted by atomic mass is 9.85. The molecule has 5 nitrogen and oxygen atoms in total. The van der Waals surface area contributed by atoms with Crippen molar-refractivity contribution in [1.82, 2.24) is 9.99 Å². The van der Waals surface area contributed by atoms with Crippen LogP contribution in [0.2, 0.25) is 0 Å². The topological polar surface area (TPSA) is 66.6 Å². The summed E-state index contributed by atoms with van der Waals surface area (Å²) in [5.41, 5.74) is 6.98. The van der Waals surface area contributed by atoms with E-state index in [0.29, 0.717) is 17.0 Å². The Kier molecular flexibility index (Phi) is 6.99. The van der Waals surface area contributed by atoms with Crippen molar-refractivity contribution >= 4 is 12.1 Å². The molecular weight excluding hydrogens is 434 g/mol. The van der Waals surface area contributed by atoms with Crippen LogP contribution < -0.4 is 5.43 Å². The van der Waals surface area contributed by atoms with Crippen molar-refractivity contribution in [3.8, 4) is 5.69 Å². The number of carbonyl (C=O) groups is 1. The van der Waals surface area contributed by atoms with Gasteiger partial charge in [0.05, 0.1) is 6.21 Å². The highest BCUT2D eigenvalue weighted by Crippen LogP contribution is 2.30. The van der Waals surface area contributed by atoms with Gasteiger partial charge in [-0.3, -0.25) is 4.79 Å². The molecule has 0 atom stereocenters. The van der Waals surface area contributed by atoms with Crippen LogP contribution in [0.3, 0.4) is 0 Å². The van der Waals surface area contributed by atoms with Crippen LogP contribution in [0.5, 0.6) is 0 Å². The summed E-state index contributed by atoms with van der Waals surface area (Å²) in [6.45, 7) is 8.43. The largest absolute Gasteiger partial charge is 0.372 e. The second-order valence-corrected chi connectivity index (χ2v) is 9.05. The van der Waals surface area contributed by atoms with Gasteiger partial charge in [0, 0.05) is 22.6 Å². The average molecular weight is 466 g/mol. The zero-order chi connectivity index (χ0) is 25.0. The van der Waals surface area contributed by atoms with Crippen molar-refractivity contribution in [2.24, 2.45) is 5.10 Å². The molecule has 0 aliphatic rings. The lowest BCUT2D eigenvalue weighted by Gasteiger charge is -2.27. The van der Waals surface area contributed by atoms with E-state index in [0.717, 1.165) is 22.6 Å². The molecule has 1 amide bonds. The van der Waals surface area contributed by atoms with Gasteiger partial charge in [-0.2, -0.15) is 5.10 Å². The van der Waals surface area contributed by atoms with Crippen LogP contribution in [0.4, 0.5) is 0 Å². The van der Waals surface area contributed by atoms with Gasteiger partial charge in [0.1, 0.15) is 0 Å². The maximum absolute atomic E-state index is 13.2. The van der Waals surface area contributed by atoms with Crippen LogP contribution >= 0.6 is 0 Å². The minimum absolute atomic E-state index is 0.474. The number of nitrogens with one attached hydrogen (secondary N) is 1. The fourth-order valence-corrected chi connectivity index (χ4v) is 4.35. The first-order chi connectivity index (χ1) is 16.8. The van der Waals surface area contributed by atoms with Gasteiger partial charge >= 0.3 is 0 Å². The van der Waals surface area contributed by atoms with Crippen molar-refractivity contribution in [3.63, 3.8) is 0 Å². The van der Waals surface area contributed by atoms with Gasteiger partial charge in [-0.15, -0.1) is 0 Å². The number of hydrogen-bond acceptors (Lipinski definition) is 3. The molecule has 0 bridgehead atoms. The van der Waals surface area contributed by atoms with Crippen LogP contribution in [-0.4, -0.2) is 21.8 Å². The molecule has 0 aliphatic carbocycles. The predicted octanol–water partition coefficient (Wildman–Crippen LogP) is 5.60. The monoisotopic (exact) mass is 465 g/mol. The lowest BCUT2D eigenvalue weighted by molar-refractivity contribution is -0.136. The van der Waals surface area contributed by atoms with E-state index >= 15 is 0 Å². The van der Waals surface area contributed by atoms with Crippen molar-refractivity contribution < 1.29 is 9.90 Å². The first-order valence-corrected chi connectivity index (χ1v) is 11.8. The molecule has 5 heteroatoms. The molecule has 35 heavy (non-hydrogen) atoms. The van der Waals surface area contributed by atoms with Gasteiger partial charge in [0.25, 0.3) is 5.91 Å². The van der Waals surface area contributed by atoms with E-state index in [1.165, 1.54) is 5.56 Å². The molecule has 0 unspecified atom stereocenters. The number of hydrazone groups is 1. The molecule has 1 aromatic heterocycles. The molecule has 1 heterocycles. The highest BCUT2D eigenvalue weighted by Gasteiger charge is 2.39. The van der Waals surface area contributed by atoms with Gasteiger partial charge < -0.3 is 9.67 Å². The molecule has 0 fully saturated rings. The highest BCUT2D eigenvalue weighted by atomic mass is 16.3. The average Bonchev–Trinajstić information content (AvgIpc) is 3.17. The third kappa shape index (κ3) is 4.81. The van der Waals surface area contributed by atoms with Crippen LogP contribution in [0, 0.1) is 13.8 Å². The summed E-state index contributed by atoms with van der Waals surface area (Å²) in [6.07, 6.45) is 1.62. The molecule has 3 aromatic carbocycles. The van der Waals surface area contributed by atoms with E-state index in [-0.39, 0.29) is 0 Å². The Morgan fingerprint density at radius 1 is 0.914 bits per heavy atom. The SMILES string of the molecule is Cc1cc(/C=N\NC(=O)C(O)(c2ccccc2)c2ccccc2)c(C)n1-c1ccc(C(C)C)cc1. The molecule has 178 valence electrons. The summed E-state index contributed by atoms with van der Waals surface area (Å²) in [4.78, 5) is 13.2. The Balaban J connectivity index is 1.59. The smallest absolute Gasteiger partial charge is 0.281 e. The zero-order valence-electron chi connectivity index (χ0n) is 20.6. The molecule has 0 aliphatic heterocycles. The number of aliphatic hydroxyl groups is 1. The van der Waals surface area contributed by atoms with E-state index in [1.54, 1.807) is 54.7 Å². The number of carbonyl (C=O) groups excluding carboxylic acids is 1. The van der Waals surface area contributed by atoms with E-state index in [2.05, 4.69) is 53.2 Å².